The van der Waals surface area contributed by atoms with E-state index in [-0.39, 0.29) is 0 Å². The first-order chi connectivity index (χ1) is 5.24. The Balaban J connectivity index is 2.27. The van der Waals surface area contributed by atoms with Gasteiger partial charge in [0.15, 0.2) is 0 Å². The molecule has 1 atom stereocenters. The molecule has 1 unspecified atom stereocenters. The maximum absolute atomic E-state index is 5.99. The summed E-state index contributed by atoms with van der Waals surface area (Å²) in [6.07, 6.45) is 6.70. The van der Waals surface area contributed by atoms with Gasteiger partial charge in [-0.05, 0) is 11.8 Å². The molecule has 0 spiro atoms. The SMILES string of the molecule is [B]C(CC)C1CCC(C)CC1. The van der Waals surface area contributed by atoms with Crippen molar-refractivity contribution in [3.8, 4) is 0 Å². The van der Waals surface area contributed by atoms with Gasteiger partial charge in [0.1, 0.15) is 0 Å². The maximum Gasteiger partial charge on any atom is 0.0703 e. The molecule has 62 valence electrons. The smallest absolute Gasteiger partial charge is 0.0703 e. The van der Waals surface area contributed by atoms with E-state index in [0.29, 0.717) is 5.82 Å². The molecule has 1 fully saturated rings. The molecule has 0 aromatic heterocycles. The van der Waals surface area contributed by atoms with Crippen molar-refractivity contribution in [3.05, 3.63) is 0 Å². The van der Waals surface area contributed by atoms with Crippen LogP contribution >= 0.6 is 0 Å². The molecular weight excluding hydrogens is 131 g/mol. The summed E-state index contributed by atoms with van der Waals surface area (Å²) in [7, 11) is 5.99. The van der Waals surface area contributed by atoms with Crippen LogP contribution in [-0.2, 0) is 0 Å². The zero-order chi connectivity index (χ0) is 8.27. The van der Waals surface area contributed by atoms with Crippen molar-refractivity contribution in [1.29, 1.82) is 0 Å². The lowest BCUT2D eigenvalue weighted by atomic mass is 9.67. The minimum absolute atomic E-state index is 0.475. The van der Waals surface area contributed by atoms with Crippen molar-refractivity contribution in [2.24, 2.45) is 11.8 Å². The molecule has 0 bridgehead atoms. The molecule has 0 aromatic carbocycles. The third kappa shape index (κ3) is 2.54. The molecule has 1 rings (SSSR count). The third-order valence-electron chi connectivity index (χ3n) is 3.14. The van der Waals surface area contributed by atoms with E-state index < -0.39 is 0 Å². The topological polar surface area (TPSA) is 0 Å². The molecule has 0 saturated heterocycles. The number of hydrogen-bond donors (Lipinski definition) is 0. The zero-order valence-electron chi connectivity index (χ0n) is 7.84. The highest BCUT2D eigenvalue weighted by molar-refractivity contribution is 6.11. The molecule has 0 N–H and O–H groups in total. The van der Waals surface area contributed by atoms with Gasteiger partial charge in [0.25, 0.3) is 0 Å². The van der Waals surface area contributed by atoms with Crippen molar-refractivity contribution in [2.75, 3.05) is 0 Å². The summed E-state index contributed by atoms with van der Waals surface area (Å²) in [5.41, 5.74) is 0. The molecule has 1 aliphatic carbocycles. The summed E-state index contributed by atoms with van der Waals surface area (Å²) in [6, 6.07) is 0. The average Bonchev–Trinajstić information content (AvgIpc) is 2.05. The van der Waals surface area contributed by atoms with Crippen molar-refractivity contribution >= 4 is 7.85 Å². The van der Waals surface area contributed by atoms with Crippen LogP contribution in [0.15, 0.2) is 0 Å². The highest BCUT2D eigenvalue weighted by atomic mass is 14.2. The van der Waals surface area contributed by atoms with Crippen LogP contribution < -0.4 is 0 Å². The Hall–Kier alpha value is 0.0649. The lowest BCUT2D eigenvalue weighted by Crippen LogP contribution is -2.16. The van der Waals surface area contributed by atoms with E-state index >= 15 is 0 Å². The van der Waals surface area contributed by atoms with Crippen molar-refractivity contribution in [3.63, 3.8) is 0 Å². The molecule has 1 saturated carbocycles. The van der Waals surface area contributed by atoms with Gasteiger partial charge in [0, 0.05) is 0 Å². The summed E-state index contributed by atoms with van der Waals surface area (Å²) < 4.78 is 0. The van der Waals surface area contributed by atoms with Crippen LogP contribution in [0.1, 0.15) is 46.0 Å². The molecule has 0 amide bonds. The molecule has 1 heteroatoms. The highest BCUT2D eigenvalue weighted by Crippen LogP contribution is 2.35. The lowest BCUT2D eigenvalue weighted by Gasteiger charge is -2.30. The van der Waals surface area contributed by atoms with Crippen molar-refractivity contribution in [1.82, 2.24) is 0 Å². The predicted molar refractivity (Wildman–Crippen MR) is 50.9 cm³/mol. The van der Waals surface area contributed by atoms with E-state index in [0.717, 1.165) is 18.3 Å². The van der Waals surface area contributed by atoms with Crippen molar-refractivity contribution in [2.45, 2.75) is 51.8 Å². The van der Waals surface area contributed by atoms with E-state index in [9.17, 15) is 0 Å². The normalized spacial score (nSPS) is 35.1. The van der Waals surface area contributed by atoms with Gasteiger partial charge in [-0.1, -0.05) is 51.8 Å². The summed E-state index contributed by atoms with van der Waals surface area (Å²) >= 11 is 0. The zero-order valence-corrected chi connectivity index (χ0v) is 7.84. The van der Waals surface area contributed by atoms with Crippen LogP contribution in [-0.4, -0.2) is 7.85 Å². The molecule has 0 nitrogen and oxygen atoms in total. The fraction of sp³-hybridized carbons (Fsp3) is 1.00. The van der Waals surface area contributed by atoms with Crippen LogP contribution in [0.4, 0.5) is 0 Å². The summed E-state index contributed by atoms with van der Waals surface area (Å²) in [5, 5.41) is 0. The second-order valence-corrected chi connectivity index (χ2v) is 4.09. The maximum atomic E-state index is 5.99. The van der Waals surface area contributed by atoms with Gasteiger partial charge in [-0.3, -0.25) is 0 Å². The Bertz CT molecular complexity index is 103. The lowest BCUT2D eigenvalue weighted by molar-refractivity contribution is 0.276. The van der Waals surface area contributed by atoms with E-state index in [4.69, 9.17) is 7.85 Å². The van der Waals surface area contributed by atoms with Crippen LogP contribution in [0.3, 0.4) is 0 Å². The summed E-state index contributed by atoms with van der Waals surface area (Å²) in [4.78, 5) is 0. The molecule has 11 heavy (non-hydrogen) atoms. The molecule has 0 heterocycles. The van der Waals surface area contributed by atoms with Gasteiger partial charge < -0.3 is 0 Å². The summed E-state index contributed by atoms with van der Waals surface area (Å²) in [5.74, 6) is 2.26. The Morgan fingerprint density at radius 1 is 1.27 bits per heavy atom. The molecular formula is C10H19B. The van der Waals surface area contributed by atoms with E-state index in [2.05, 4.69) is 13.8 Å². The van der Waals surface area contributed by atoms with Gasteiger partial charge in [0.05, 0.1) is 7.85 Å². The fourth-order valence-corrected chi connectivity index (χ4v) is 2.05. The van der Waals surface area contributed by atoms with Crippen LogP contribution in [0.2, 0.25) is 5.82 Å². The van der Waals surface area contributed by atoms with Crippen molar-refractivity contribution < 1.29 is 0 Å². The second kappa shape index (κ2) is 4.18. The highest BCUT2D eigenvalue weighted by Gasteiger charge is 2.21. The van der Waals surface area contributed by atoms with Gasteiger partial charge >= 0.3 is 0 Å². The first kappa shape index (κ1) is 9.16. The fourth-order valence-electron chi connectivity index (χ4n) is 2.05. The molecule has 0 aliphatic heterocycles. The Morgan fingerprint density at radius 3 is 2.27 bits per heavy atom. The van der Waals surface area contributed by atoms with Gasteiger partial charge in [-0.15, -0.1) is 0 Å². The van der Waals surface area contributed by atoms with E-state index in [1.54, 1.807) is 0 Å². The number of hydrogen-bond acceptors (Lipinski definition) is 0. The number of rotatable bonds is 2. The third-order valence-corrected chi connectivity index (χ3v) is 3.14. The van der Waals surface area contributed by atoms with Gasteiger partial charge in [-0.25, -0.2) is 0 Å². The van der Waals surface area contributed by atoms with Gasteiger partial charge in [-0.2, -0.15) is 0 Å². The first-order valence-corrected chi connectivity index (χ1v) is 4.99. The molecule has 0 aromatic rings. The average molecular weight is 150 g/mol. The second-order valence-electron chi connectivity index (χ2n) is 4.09. The Morgan fingerprint density at radius 2 is 1.82 bits per heavy atom. The standard InChI is InChI=1S/C10H19B/c1-3-10(11)9-6-4-8(2)5-7-9/h8-10H,3-7H2,1-2H3. The minimum atomic E-state index is 0.475. The van der Waals surface area contributed by atoms with Crippen LogP contribution in [0.5, 0.6) is 0 Å². The minimum Gasteiger partial charge on any atom is -0.0749 e. The Kier molecular flexibility index (Phi) is 3.48. The molecule has 2 radical (unpaired) electrons. The van der Waals surface area contributed by atoms with Gasteiger partial charge in [0.2, 0.25) is 0 Å². The van der Waals surface area contributed by atoms with E-state index in [1.807, 2.05) is 0 Å². The Labute approximate surface area is 72.2 Å². The molecule has 1 aliphatic rings. The predicted octanol–water partition coefficient (Wildman–Crippen LogP) is 3.18. The van der Waals surface area contributed by atoms with Crippen LogP contribution in [0, 0.1) is 11.8 Å². The quantitative estimate of drug-likeness (QED) is 0.530. The summed E-state index contributed by atoms with van der Waals surface area (Å²) in [6.45, 7) is 4.55. The largest absolute Gasteiger partial charge is 0.0749 e. The van der Waals surface area contributed by atoms with E-state index in [1.165, 1.54) is 25.7 Å². The monoisotopic (exact) mass is 150 g/mol. The van der Waals surface area contributed by atoms with Crippen LogP contribution in [0.25, 0.3) is 0 Å². The first-order valence-electron chi connectivity index (χ1n) is 4.99.